The molecule has 0 saturated carbocycles. The molecule has 1 N–H and O–H groups in total. The summed E-state index contributed by atoms with van der Waals surface area (Å²) in [5, 5.41) is 10.5. The van der Waals surface area contributed by atoms with E-state index in [1.807, 2.05) is 19.1 Å². The van der Waals surface area contributed by atoms with Crippen LogP contribution in [0.3, 0.4) is 0 Å². The van der Waals surface area contributed by atoms with Gasteiger partial charge in [-0.15, -0.1) is 0 Å². The summed E-state index contributed by atoms with van der Waals surface area (Å²) in [5.74, 6) is -0.314. The lowest BCUT2D eigenvalue weighted by Crippen LogP contribution is -2.04. The lowest BCUT2D eigenvalue weighted by atomic mass is 9.93. The molecule has 0 heterocycles. The summed E-state index contributed by atoms with van der Waals surface area (Å²) in [7, 11) is 0. The number of hydrogen-bond donors (Lipinski definition) is 1. The van der Waals surface area contributed by atoms with Crippen molar-refractivity contribution in [1.29, 1.82) is 0 Å². The van der Waals surface area contributed by atoms with Crippen LogP contribution in [0.15, 0.2) is 36.4 Å². The van der Waals surface area contributed by atoms with Crippen LogP contribution in [0.4, 0.5) is 4.39 Å². The van der Waals surface area contributed by atoms with Gasteiger partial charge in [0.15, 0.2) is 0 Å². The monoisotopic (exact) mass is 272 g/mol. The summed E-state index contributed by atoms with van der Waals surface area (Å²) in [6.07, 6.45) is 1.15. The highest BCUT2D eigenvalue weighted by Gasteiger charge is 2.15. The van der Waals surface area contributed by atoms with Gasteiger partial charge in [0.1, 0.15) is 11.9 Å². The molecule has 0 aliphatic carbocycles. The van der Waals surface area contributed by atoms with E-state index in [2.05, 4.69) is 19.9 Å². The van der Waals surface area contributed by atoms with Crippen molar-refractivity contribution in [3.63, 3.8) is 0 Å². The predicted molar refractivity (Wildman–Crippen MR) is 80.4 cm³/mol. The minimum atomic E-state index is -0.776. The second-order valence-electron chi connectivity index (χ2n) is 5.14. The van der Waals surface area contributed by atoms with Gasteiger partial charge in [0.05, 0.1) is 0 Å². The summed E-state index contributed by atoms with van der Waals surface area (Å²) in [6.45, 7) is 6.12. The maximum absolute atomic E-state index is 13.4. The van der Waals surface area contributed by atoms with Crippen molar-refractivity contribution < 1.29 is 9.50 Å². The average molecular weight is 272 g/mol. The summed E-state index contributed by atoms with van der Waals surface area (Å²) in [4.78, 5) is 0. The molecular formula is C18H21FO. The molecule has 106 valence electrons. The Balaban J connectivity index is 2.42. The molecule has 2 heteroatoms. The second-order valence-corrected chi connectivity index (χ2v) is 5.14. The lowest BCUT2D eigenvalue weighted by Gasteiger charge is -2.16. The first-order valence-corrected chi connectivity index (χ1v) is 7.12. The van der Waals surface area contributed by atoms with E-state index in [1.54, 1.807) is 6.07 Å². The fraction of sp³-hybridized carbons (Fsp3) is 0.333. The van der Waals surface area contributed by atoms with Crippen molar-refractivity contribution in [3.05, 3.63) is 70.0 Å². The molecule has 1 nitrogen and oxygen atoms in total. The highest BCUT2D eigenvalue weighted by atomic mass is 19.1. The smallest absolute Gasteiger partial charge is 0.123 e. The largest absolute Gasteiger partial charge is 0.384 e. The molecule has 0 amide bonds. The van der Waals surface area contributed by atoms with Crippen LogP contribution in [0, 0.1) is 12.7 Å². The third-order valence-electron chi connectivity index (χ3n) is 3.84. The van der Waals surface area contributed by atoms with Crippen LogP contribution in [-0.4, -0.2) is 5.11 Å². The average Bonchev–Trinajstić information content (AvgIpc) is 2.48. The first-order valence-electron chi connectivity index (χ1n) is 7.12. The van der Waals surface area contributed by atoms with Gasteiger partial charge < -0.3 is 5.11 Å². The van der Waals surface area contributed by atoms with Crippen molar-refractivity contribution >= 4 is 0 Å². The Morgan fingerprint density at radius 2 is 1.70 bits per heavy atom. The zero-order valence-corrected chi connectivity index (χ0v) is 12.3. The normalized spacial score (nSPS) is 12.4. The molecule has 0 saturated heterocycles. The molecule has 0 aromatic heterocycles. The van der Waals surface area contributed by atoms with E-state index >= 15 is 0 Å². The number of aliphatic hydroxyl groups is 1. The van der Waals surface area contributed by atoms with Gasteiger partial charge in [0.2, 0.25) is 0 Å². The van der Waals surface area contributed by atoms with E-state index in [4.69, 9.17) is 0 Å². The number of hydrogen-bond acceptors (Lipinski definition) is 1. The first-order chi connectivity index (χ1) is 9.56. The molecule has 2 aromatic rings. The second kappa shape index (κ2) is 6.19. The van der Waals surface area contributed by atoms with Crippen molar-refractivity contribution in [2.75, 3.05) is 0 Å². The highest BCUT2D eigenvalue weighted by molar-refractivity contribution is 5.39. The summed E-state index contributed by atoms with van der Waals surface area (Å²) < 4.78 is 13.4. The number of aliphatic hydroxyl groups excluding tert-OH is 1. The maximum Gasteiger partial charge on any atom is 0.123 e. The Kier molecular flexibility index (Phi) is 4.56. The molecule has 0 bridgehead atoms. The van der Waals surface area contributed by atoms with Gasteiger partial charge in [-0.3, -0.25) is 0 Å². The van der Waals surface area contributed by atoms with Crippen molar-refractivity contribution in [2.45, 2.75) is 39.7 Å². The van der Waals surface area contributed by atoms with E-state index < -0.39 is 6.10 Å². The van der Waals surface area contributed by atoms with E-state index in [0.29, 0.717) is 5.56 Å². The molecule has 0 fully saturated rings. The van der Waals surface area contributed by atoms with Crippen LogP contribution in [0.5, 0.6) is 0 Å². The van der Waals surface area contributed by atoms with Crippen LogP contribution in [0.1, 0.15) is 47.8 Å². The molecule has 0 aliphatic heterocycles. The Morgan fingerprint density at radius 1 is 1.00 bits per heavy atom. The van der Waals surface area contributed by atoms with Crippen LogP contribution in [-0.2, 0) is 12.8 Å². The molecule has 2 aromatic carbocycles. The van der Waals surface area contributed by atoms with Crippen LogP contribution >= 0.6 is 0 Å². The van der Waals surface area contributed by atoms with Gasteiger partial charge in [-0.05, 0) is 59.7 Å². The van der Waals surface area contributed by atoms with Gasteiger partial charge in [0.25, 0.3) is 0 Å². The zero-order valence-electron chi connectivity index (χ0n) is 12.3. The van der Waals surface area contributed by atoms with Gasteiger partial charge in [-0.1, -0.05) is 38.1 Å². The molecule has 1 atom stereocenters. The Labute approximate surface area is 120 Å². The molecular weight excluding hydrogens is 251 g/mol. The number of halogens is 1. The Morgan fingerprint density at radius 3 is 2.35 bits per heavy atom. The minimum absolute atomic E-state index is 0.314. The summed E-state index contributed by atoms with van der Waals surface area (Å²) >= 11 is 0. The first kappa shape index (κ1) is 14.7. The van der Waals surface area contributed by atoms with E-state index in [9.17, 15) is 9.50 Å². The van der Waals surface area contributed by atoms with Gasteiger partial charge in [0, 0.05) is 0 Å². The van der Waals surface area contributed by atoms with Crippen molar-refractivity contribution in [3.8, 4) is 0 Å². The molecule has 0 spiro atoms. The third-order valence-corrected chi connectivity index (χ3v) is 3.84. The number of benzene rings is 2. The summed E-state index contributed by atoms with van der Waals surface area (Å²) in [5.41, 5.74) is 4.91. The standard InChI is InChI=1S/C18H21FO/c1-4-13-7-8-15(10-14(13)5-2)18(20)17-11-16(19)9-6-12(17)3/h6-11,18,20H,4-5H2,1-3H3. The van der Waals surface area contributed by atoms with E-state index in [0.717, 1.165) is 24.0 Å². The Hall–Kier alpha value is -1.67. The van der Waals surface area contributed by atoms with Gasteiger partial charge in [-0.2, -0.15) is 0 Å². The molecule has 20 heavy (non-hydrogen) atoms. The fourth-order valence-corrected chi connectivity index (χ4v) is 2.58. The fourth-order valence-electron chi connectivity index (χ4n) is 2.58. The van der Waals surface area contributed by atoms with Crippen molar-refractivity contribution in [1.82, 2.24) is 0 Å². The quantitative estimate of drug-likeness (QED) is 0.877. The van der Waals surface area contributed by atoms with Gasteiger partial charge in [-0.25, -0.2) is 4.39 Å². The molecule has 2 rings (SSSR count). The molecule has 0 aliphatic rings. The zero-order chi connectivity index (χ0) is 14.7. The number of rotatable bonds is 4. The predicted octanol–water partition coefficient (Wildman–Crippen LogP) is 4.34. The third kappa shape index (κ3) is 2.91. The van der Waals surface area contributed by atoms with Crippen molar-refractivity contribution in [2.24, 2.45) is 0 Å². The highest BCUT2D eigenvalue weighted by Crippen LogP contribution is 2.27. The lowest BCUT2D eigenvalue weighted by molar-refractivity contribution is 0.219. The minimum Gasteiger partial charge on any atom is -0.384 e. The summed E-state index contributed by atoms with van der Waals surface area (Å²) in [6, 6.07) is 10.6. The van der Waals surface area contributed by atoms with E-state index in [1.165, 1.54) is 23.3 Å². The SMILES string of the molecule is CCc1ccc(C(O)c2cc(F)ccc2C)cc1CC. The maximum atomic E-state index is 13.4. The van der Waals surface area contributed by atoms with E-state index in [-0.39, 0.29) is 5.82 Å². The Bertz CT molecular complexity index is 604. The van der Waals surface area contributed by atoms with Gasteiger partial charge >= 0.3 is 0 Å². The number of aryl methyl sites for hydroxylation is 3. The molecule has 1 unspecified atom stereocenters. The van der Waals surface area contributed by atoms with Crippen LogP contribution in [0.2, 0.25) is 0 Å². The van der Waals surface area contributed by atoms with Crippen LogP contribution in [0.25, 0.3) is 0 Å². The van der Waals surface area contributed by atoms with Crippen LogP contribution < -0.4 is 0 Å². The topological polar surface area (TPSA) is 20.2 Å². The molecule has 0 radical (unpaired) electrons.